The summed E-state index contributed by atoms with van der Waals surface area (Å²) < 4.78 is 0. The Morgan fingerprint density at radius 1 is 0.966 bits per heavy atom. The molecular formula is C23H33N3O3. The number of hydrogen-bond donors (Lipinski definition) is 2. The summed E-state index contributed by atoms with van der Waals surface area (Å²) in [5.74, 6) is 0.197. The first-order valence-electron chi connectivity index (χ1n) is 11.1. The van der Waals surface area contributed by atoms with Gasteiger partial charge in [-0.05, 0) is 64.1 Å². The third kappa shape index (κ3) is 4.64. The van der Waals surface area contributed by atoms with Crippen LogP contribution < -0.4 is 5.32 Å². The SMILES string of the molecule is CC(O)(C(=O)N1CCC(N2CCC(C(=O)NC3CC3)CC2)CC1)c1ccccc1. The Kier molecular flexibility index (Phi) is 5.93. The molecule has 0 bridgehead atoms. The van der Waals surface area contributed by atoms with E-state index in [1.165, 1.54) is 0 Å². The number of carbonyl (C=O) groups excluding carboxylic acids is 2. The Bertz CT molecular complexity index is 716. The molecule has 3 aliphatic rings. The van der Waals surface area contributed by atoms with Crippen LogP contribution in [0.5, 0.6) is 0 Å². The van der Waals surface area contributed by atoms with Gasteiger partial charge in [0.2, 0.25) is 5.91 Å². The Morgan fingerprint density at radius 2 is 1.59 bits per heavy atom. The van der Waals surface area contributed by atoms with Crippen LogP contribution in [0.25, 0.3) is 0 Å². The Balaban J connectivity index is 1.25. The Hall–Kier alpha value is -1.92. The number of carbonyl (C=O) groups is 2. The molecule has 6 nitrogen and oxygen atoms in total. The van der Waals surface area contributed by atoms with Crippen LogP contribution in [0.2, 0.25) is 0 Å². The number of nitrogens with one attached hydrogen (secondary N) is 1. The van der Waals surface area contributed by atoms with E-state index in [0.717, 1.165) is 51.6 Å². The van der Waals surface area contributed by atoms with Crippen LogP contribution in [0.4, 0.5) is 0 Å². The fraction of sp³-hybridized carbons (Fsp3) is 0.652. The summed E-state index contributed by atoms with van der Waals surface area (Å²) in [6.07, 6.45) is 5.99. The first kappa shape index (κ1) is 20.4. The lowest BCUT2D eigenvalue weighted by atomic mass is 9.91. The van der Waals surface area contributed by atoms with Gasteiger partial charge in [-0.15, -0.1) is 0 Å². The van der Waals surface area contributed by atoms with E-state index in [2.05, 4.69) is 10.2 Å². The molecule has 1 aromatic carbocycles. The van der Waals surface area contributed by atoms with Gasteiger partial charge >= 0.3 is 0 Å². The average Bonchev–Trinajstić information content (AvgIpc) is 3.58. The maximum atomic E-state index is 12.9. The third-order valence-electron chi connectivity index (χ3n) is 6.84. The maximum Gasteiger partial charge on any atom is 0.258 e. The quantitative estimate of drug-likeness (QED) is 0.793. The van der Waals surface area contributed by atoms with Crippen LogP contribution in [0.3, 0.4) is 0 Å². The van der Waals surface area contributed by atoms with Crippen molar-refractivity contribution in [2.45, 2.75) is 63.1 Å². The van der Waals surface area contributed by atoms with E-state index < -0.39 is 5.60 Å². The highest BCUT2D eigenvalue weighted by Gasteiger charge is 2.39. The molecule has 158 valence electrons. The molecule has 6 heteroatoms. The van der Waals surface area contributed by atoms with Crippen LogP contribution in [0.15, 0.2) is 30.3 Å². The number of likely N-dealkylation sites (tertiary alicyclic amines) is 2. The molecular weight excluding hydrogens is 366 g/mol. The zero-order chi connectivity index (χ0) is 20.4. The molecule has 0 radical (unpaired) electrons. The lowest BCUT2D eigenvalue weighted by Crippen LogP contribution is -2.53. The van der Waals surface area contributed by atoms with Crippen molar-refractivity contribution in [2.24, 2.45) is 5.92 Å². The van der Waals surface area contributed by atoms with Gasteiger partial charge in [0.05, 0.1) is 0 Å². The number of nitrogens with zero attached hydrogens (tertiary/aromatic N) is 2. The predicted molar refractivity (Wildman–Crippen MR) is 111 cm³/mol. The molecule has 1 atom stereocenters. The molecule has 0 spiro atoms. The molecule has 1 aliphatic carbocycles. The van der Waals surface area contributed by atoms with E-state index in [0.29, 0.717) is 30.7 Å². The van der Waals surface area contributed by atoms with Gasteiger partial charge in [0.1, 0.15) is 0 Å². The monoisotopic (exact) mass is 399 g/mol. The molecule has 29 heavy (non-hydrogen) atoms. The number of amides is 2. The van der Waals surface area contributed by atoms with E-state index in [9.17, 15) is 14.7 Å². The minimum absolute atomic E-state index is 0.162. The zero-order valence-electron chi connectivity index (χ0n) is 17.3. The lowest BCUT2D eigenvalue weighted by molar-refractivity contribution is -0.152. The number of hydrogen-bond acceptors (Lipinski definition) is 4. The van der Waals surface area contributed by atoms with Crippen molar-refractivity contribution in [3.8, 4) is 0 Å². The molecule has 2 N–H and O–H groups in total. The molecule has 2 amide bonds. The van der Waals surface area contributed by atoms with Crippen molar-refractivity contribution in [2.75, 3.05) is 26.2 Å². The zero-order valence-corrected chi connectivity index (χ0v) is 17.3. The van der Waals surface area contributed by atoms with Crippen molar-refractivity contribution in [3.63, 3.8) is 0 Å². The second kappa shape index (κ2) is 8.44. The molecule has 3 fully saturated rings. The molecule has 2 aliphatic heterocycles. The fourth-order valence-corrected chi connectivity index (χ4v) is 4.70. The number of aliphatic hydroxyl groups is 1. The van der Waals surface area contributed by atoms with Gasteiger partial charge < -0.3 is 20.2 Å². The highest BCUT2D eigenvalue weighted by molar-refractivity contribution is 5.86. The van der Waals surface area contributed by atoms with Crippen molar-refractivity contribution in [1.82, 2.24) is 15.1 Å². The predicted octanol–water partition coefficient (Wildman–Crippen LogP) is 1.88. The van der Waals surface area contributed by atoms with Gasteiger partial charge in [0.15, 0.2) is 5.60 Å². The van der Waals surface area contributed by atoms with E-state index in [-0.39, 0.29) is 17.7 Å². The standard InChI is InChI=1S/C23H33N3O3/c1-23(29,18-5-3-2-4-6-18)22(28)26-15-11-20(12-16-26)25-13-9-17(10-14-25)21(27)24-19-7-8-19/h2-6,17,19-20,29H,7-16H2,1H3,(H,24,27). The molecule has 1 saturated carbocycles. The fourth-order valence-electron chi connectivity index (χ4n) is 4.70. The summed E-state index contributed by atoms with van der Waals surface area (Å²) in [7, 11) is 0. The lowest BCUT2D eigenvalue weighted by Gasteiger charge is -2.42. The maximum absolute atomic E-state index is 12.9. The molecule has 1 aromatic rings. The minimum Gasteiger partial charge on any atom is -0.376 e. The Morgan fingerprint density at radius 3 is 2.17 bits per heavy atom. The van der Waals surface area contributed by atoms with E-state index in [4.69, 9.17) is 0 Å². The highest BCUT2D eigenvalue weighted by atomic mass is 16.3. The van der Waals surface area contributed by atoms with Gasteiger partial charge in [-0.1, -0.05) is 30.3 Å². The van der Waals surface area contributed by atoms with Gasteiger partial charge in [0.25, 0.3) is 5.91 Å². The largest absolute Gasteiger partial charge is 0.376 e. The topological polar surface area (TPSA) is 72.9 Å². The van der Waals surface area contributed by atoms with Gasteiger partial charge in [-0.2, -0.15) is 0 Å². The van der Waals surface area contributed by atoms with E-state index >= 15 is 0 Å². The summed E-state index contributed by atoms with van der Waals surface area (Å²) in [5.41, 5.74) is -0.847. The van der Waals surface area contributed by atoms with Gasteiger partial charge in [-0.25, -0.2) is 0 Å². The summed E-state index contributed by atoms with van der Waals surface area (Å²) in [6, 6.07) is 10.1. The summed E-state index contributed by atoms with van der Waals surface area (Å²) >= 11 is 0. The summed E-state index contributed by atoms with van der Waals surface area (Å²) in [4.78, 5) is 29.5. The number of rotatable bonds is 5. The van der Waals surface area contributed by atoms with E-state index in [1.807, 2.05) is 18.2 Å². The first-order valence-corrected chi connectivity index (χ1v) is 11.1. The second-order valence-corrected chi connectivity index (χ2v) is 9.05. The summed E-state index contributed by atoms with van der Waals surface area (Å²) in [5, 5.41) is 14.0. The van der Waals surface area contributed by atoms with Crippen LogP contribution >= 0.6 is 0 Å². The second-order valence-electron chi connectivity index (χ2n) is 9.05. The normalized spacial score (nSPS) is 24.1. The van der Waals surface area contributed by atoms with Crippen molar-refractivity contribution in [3.05, 3.63) is 35.9 Å². The van der Waals surface area contributed by atoms with Crippen LogP contribution in [-0.4, -0.2) is 65.0 Å². The smallest absolute Gasteiger partial charge is 0.258 e. The van der Waals surface area contributed by atoms with Crippen LogP contribution in [-0.2, 0) is 15.2 Å². The van der Waals surface area contributed by atoms with Crippen LogP contribution in [0.1, 0.15) is 51.0 Å². The van der Waals surface area contributed by atoms with E-state index in [1.54, 1.807) is 24.0 Å². The number of benzene rings is 1. The van der Waals surface area contributed by atoms with Gasteiger partial charge in [-0.3, -0.25) is 9.59 Å². The van der Waals surface area contributed by atoms with Crippen molar-refractivity contribution in [1.29, 1.82) is 0 Å². The van der Waals surface area contributed by atoms with Crippen molar-refractivity contribution < 1.29 is 14.7 Å². The molecule has 1 unspecified atom stereocenters. The van der Waals surface area contributed by atoms with Crippen molar-refractivity contribution >= 4 is 11.8 Å². The third-order valence-corrected chi connectivity index (χ3v) is 6.84. The molecule has 4 rings (SSSR count). The molecule has 2 heterocycles. The Labute approximate surface area is 173 Å². The highest BCUT2D eigenvalue weighted by Crippen LogP contribution is 2.28. The molecule has 2 saturated heterocycles. The minimum atomic E-state index is -1.48. The van der Waals surface area contributed by atoms with Gasteiger partial charge in [0, 0.05) is 31.1 Å². The number of piperidine rings is 2. The summed E-state index contributed by atoms with van der Waals surface area (Å²) in [6.45, 7) is 4.86. The average molecular weight is 400 g/mol. The molecule has 0 aromatic heterocycles. The first-order chi connectivity index (χ1) is 13.9. The van der Waals surface area contributed by atoms with Crippen LogP contribution in [0, 0.1) is 5.92 Å².